The van der Waals surface area contributed by atoms with E-state index in [0.29, 0.717) is 11.6 Å². The van der Waals surface area contributed by atoms with Crippen molar-refractivity contribution in [3.05, 3.63) is 59.2 Å². The minimum absolute atomic E-state index is 0.241. The first-order valence-corrected chi connectivity index (χ1v) is 7.61. The number of hydrogen-bond acceptors (Lipinski definition) is 2. The highest BCUT2D eigenvalue weighted by atomic mass is 19.4. The number of ether oxygens (including phenoxy) is 1. The molecule has 2 aromatic rings. The summed E-state index contributed by atoms with van der Waals surface area (Å²) in [5.74, 6) is 0.744. The minimum Gasteiger partial charge on any atom is -0.487 e. The third-order valence-electron chi connectivity index (χ3n) is 4.03. The van der Waals surface area contributed by atoms with Crippen LogP contribution >= 0.6 is 0 Å². The molecule has 23 heavy (non-hydrogen) atoms. The second kappa shape index (κ2) is 6.14. The fourth-order valence-electron chi connectivity index (χ4n) is 2.71. The first-order chi connectivity index (χ1) is 10.9. The maximum atomic E-state index is 12.6. The summed E-state index contributed by atoms with van der Waals surface area (Å²) in [6.07, 6.45) is -2.23. The average Bonchev–Trinajstić information content (AvgIpc) is 2.52. The molecule has 0 aliphatic carbocycles. The van der Waals surface area contributed by atoms with Gasteiger partial charge >= 0.3 is 6.18 Å². The van der Waals surface area contributed by atoms with E-state index in [0.717, 1.165) is 36.4 Å². The summed E-state index contributed by atoms with van der Waals surface area (Å²) >= 11 is 0. The van der Waals surface area contributed by atoms with Gasteiger partial charge in [-0.2, -0.15) is 13.2 Å². The molecule has 3 rings (SSSR count). The molecule has 122 valence electrons. The largest absolute Gasteiger partial charge is 0.487 e. The SMILES string of the molecule is CC1CCc2cccc(OCc3ccc(C(F)(F)F)cc3)c2N1. The molecule has 0 bridgehead atoms. The van der Waals surface area contributed by atoms with Gasteiger partial charge in [-0.15, -0.1) is 0 Å². The number of halogens is 3. The lowest BCUT2D eigenvalue weighted by Crippen LogP contribution is -2.22. The van der Waals surface area contributed by atoms with Crippen LogP contribution in [0.5, 0.6) is 5.75 Å². The van der Waals surface area contributed by atoms with Gasteiger partial charge < -0.3 is 10.1 Å². The van der Waals surface area contributed by atoms with Crippen LogP contribution in [0.15, 0.2) is 42.5 Å². The Morgan fingerprint density at radius 3 is 2.57 bits per heavy atom. The van der Waals surface area contributed by atoms with Crippen molar-refractivity contribution in [3.8, 4) is 5.75 Å². The van der Waals surface area contributed by atoms with Crippen LogP contribution in [0, 0.1) is 0 Å². The summed E-state index contributed by atoms with van der Waals surface area (Å²) in [5.41, 5.74) is 2.28. The number of aryl methyl sites for hydroxylation is 1. The molecule has 0 saturated carbocycles. The van der Waals surface area contributed by atoms with Crippen LogP contribution in [0.2, 0.25) is 0 Å². The van der Waals surface area contributed by atoms with Gasteiger partial charge in [-0.25, -0.2) is 0 Å². The molecule has 1 aliphatic rings. The monoisotopic (exact) mass is 321 g/mol. The van der Waals surface area contributed by atoms with Gasteiger partial charge in [-0.05, 0) is 49.1 Å². The van der Waals surface area contributed by atoms with Crippen LogP contribution in [-0.4, -0.2) is 6.04 Å². The van der Waals surface area contributed by atoms with Gasteiger partial charge in [-0.3, -0.25) is 0 Å². The summed E-state index contributed by atoms with van der Waals surface area (Å²) in [6.45, 7) is 2.36. The zero-order valence-corrected chi connectivity index (χ0v) is 12.8. The molecule has 0 radical (unpaired) electrons. The lowest BCUT2D eigenvalue weighted by Gasteiger charge is -2.26. The predicted octanol–water partition coefficient (Wildman–Crippen LogP) is 5.03. The van der Waals surface area contributed by atoms with E-state index in [-0.39, 0.29) is 6.61 Å². The van der Waals surface area contributed by atoms with E-state index >= 15 is 0 Å². The summed E-state index contributed by atoms with van der Waals surface area (Å²) in [4.78, 5) is 0. The van der Waals surface area contributed by atoms with Crippen molar-refractivity contribution in [1.82, 2.24) is 0 Å². The van der Waals surface area contributed by atoms with E-state index in [4.69, 9.17) is 4.74 Å². The Balaban J connectivity index is 1.72. The van der Waals surface area contributed by atoms with E-state index in [1.807, 2.05) is 12.1 Å². The van der Waals surface area contributed by atoms with Gasteiger partial charge in [-0.1, -0.05) is 24.3 Å². The molecule has 0 saturated heterocycles. The van der Waals surface area contributed by atoms with E-state index in [2.05, 4.69) is 18.3 Å². The number of alkyl halides is 3. The number of anilines is 1. The number of fused-ring (bicyclic) bond motifs is 1. The number of benzene rings is 2. The Hall–Kier alpha value is -2.17. The molecule has 5 heteroatoms. The second-order valence-electron chi connectivity index (χ2n) is 5.86. The highest BCUT2D eigenvalue weighted by Crippen LogP contribution is 2.34. The molecule has 2 aromatic carbocycles. The Morgan fingerprint density at radius 1 is 1.13 bits per heavy atom. The number of para-hydroxylation sites is 1. The Morgan fingerprint density at radius 2 is 1.87 bits per heavy atom. The predicted molar refractivity (Wildman–Crippen MR) is 83.6 cm³/mol. The lowest BCUT2D eigenvalue weighted by atomic mass is 9.98. The highest BCUT2D eigenvalue weighted by molar-refractivity contribution is 5.64. The van der Waals surface area contributed by atoms with Crippen molar-refractivity contribution in [2.45, 2.75) is 38.6 Å². The molecule has 1 atom stereocenters. The van der Waals surface area contributed by atoms with Gasteiger partial charge in [0.15, 0.2) is 0 Å². The van der Waals surface area contributed by atoms with Crippen LogP contribution in [0.4, 0.5) is 18.9 Å². The van der Waals surface area contributed by atoms with Crippen LogP contribution in [-0.2, 0) is 19.2 Å². The van der Waals surface area contributed by atoms with E-state index in [9.17, 15) is 13.2 Å². The third kappa shape index (κ3) is 3.60. The summed E-state index contributed by atoms with van der Waals surface area (Å²) in [6, 6.07) is 11.4. The van der Waals surface area contributed by atoms with Crippen molar-refractivity contribution < 1.29 is 17.9 Å². The van der Waals surface area contributed by atoms with Gasteiger partial charge in [0.1, 0.15) is 12.4 Å². The molecule has 0 fully saturated rings. The van der Waals surface area contributed by atoms with Crippen LogP contribution in [0.1, 0.15) is 30.0 Å². The van der Waals surface area contributed by atoms with Crippen molar-refractivity contribution in [1.29, 1.82) is 0 Å². The molecule has 0 aromatic heterocycles. The lowest BCUT2D eigenvalue weighted by molar-refractivity contribution is -0.137. The normalized spacial score (nSPS) is 17.3. The molecule has 1 heterocycles. The Kier molecular flexibility index (Phi) is 4.20. The first kappa shape index (κ1) is 15.7. The van der Waals surface area contributed by atoms with E-state index in [1.54, 1.807) is 0 Å². The first-order valence-electron chi connectivity index (χ1n) is 7.61. The van der Waals surface area contributed by atoms with Crippen LogP contribution in [0.3, 0.4) is 0 Å². The zero-order valence-electron chi connectivity index (χ0n) is 12.8. The third-order valence-corrected chi connectivity index (χ3v) is 4.03. The Bertz CT molecular complexity index is 680. The van der Waals surface area contributed by atoms with Gasteiger partial charge in [0.05, 0.1) is 11.3 Å². The highest BCUT2D eigenvalue weighted by Gasteiger charge is 2.29. The fraction of sp³-hybridized carbons (Fsp3) is 0.333. The zero-order chi connectivity index (χ0) is 16.4. The molecule has 0 spiro atoms. The molecular weight excluding hydrogens is 303 g/mol. The van der Waals surface area contributed by atoms with Crippen LogP contribution in [0.25, 0.3) is 0 Å². The maximum absolute atomic E-state index is 12.6. The van der Waals surface area contributed by atoms with Gasteiger partial charge in [0.25, 0.3) is 0 Å². The smallest absolute Gasteiger partial charge is 0.416 e. The average molecular weight is 321 g/mol. The van der Waals surface area contributed by atoms with E-state index in [1.165, 1.54) is 17.7 Å². The molecule has 1 aliphatic heterocycles. The van der Waals surface area contributed by atoms with Crippen molar-refractivity contribution in [2.75, 3.05) is 5.32 Å². The van der Waals surface area contributed by atoms with E-state index < -0.39 is 11.7 Å². The number of hydrogen-bond donors (Lipinski definition) is 1. The summed E-state index contributed by atoms with van der Waals surface area (Å²) in [5, 5.41) is 3.42. The van der Waals surface area contributed by atoms with Crippen molar-refractivity contribution in [2.24, 2.45) is 0 Å². The van der Waals surface area contributed by atoms with Gasteiger partial charge in [0.2, 0.25) is 0 Å². The standard InChI is InChI=1S/C18H18F3NO/c1-12-5-8-14-3-2-4-16(17(14)22-12)23-11-13-6-9-15(10-7-13)18(19,20)21/h2-4,6-7,9-10,12,22H,5,8,11H2,1H3. The number of nitrogens with one attached hydrogen (secondary N) is 1. The molecule has 1 unspecified atom stereocenters. The summed E-state index contributed by atoms with van der Waals surface area (Å²) in [7, 11) is 0. The Labute approximate surface area is 133 Å². The molecule has 2 nitrogen and oxygen atoms in total. The molecule has 1 N–H and O–H groups in total. The molecule has 0 amide bonds. The van der Waals surface area contributed by atoms with Crippen LogP contribution < -0.4 is 10.1 Å². The maximum Gasteiger partial charge on any atom is 0.416 e. The molecular formula is C18H18F3NO. The van der Waals surface area contributed by atoms with Gasteiger partial charge in [0, 0.05) is 6.04 Å². The second-order valence-corrected chi connectivity index (χ2v) is 5.86. The number of rotatable bonds is 3. The van der Waals surface area contributed by atoms with Crippen molar-refractivity contribution in [3.63, 3.8) is 0 Å². The quantitative estimate of drug-likeness (QED) is 0.856. The topological polar surface area (TPSA) is 21.3 Å². The fourth-order valence-corrected chi connectivity index (χ4v) is 2.71. The minimum atomic E-state index is -4.31. The summed E-state index contributed by atoms with van der Waals surface area (Å²) < 4.78 is 43.5. The van der Waals surface area contributed by atoms with Crippen molar-refractivity contribution >= 4 is 5.69 Å².